The molecule has 0 spiro atoms. The summed E-state index contributed by atoms with van der Waals surface area (Å²) in [4.78, 5) is 0. The summed E-state index contributed by atoms with van der Waals surface area (Å²) in [5.41, 5.74) is 1.12. The molecule has 1 aliphatic heterocycles. The summed E-state index contributed by atoms with van der Waals surface area (Å²) in [7, 11) is -2.98. The molecule has 1 aromatic heterocycles. The van der Waals surface area contributed by atoms with Crippen molar-refractivity contribution in [1.82, 2.24) is 14.8 Å². The molecule has 0 saturated heterocycles. The van der Waals surface area contributed by atoms with Crippen LogP contribution in [0.1, 0.15) is 17.2 Å². The van der Waals surface area contributed by atoms with E-state index in [2.05, 4.69) is 10.2 Å². The Kier molecular flexibility index (Phi) is 3.67. The minimum absolute atomic E-state index is 0.134. The SMILES string of the molecule is Cc1cccc(OCc2nnc3n2CCS(=O)(=O)CC3)c1. The largest absolute Gasteiger partial charge is 0.486 e. The summed E-state index contributed by atoms with van der Waals surface area (Å²) < 4.78 is 30.9. The van der Waals surface area contributed by atoms with E-state index in [9.17, 15) is 8.42 Å². The Bertz CT molecular complexity index is 753. The highest BCUT2D eigenvalue weighted by Crippen LogP contribution is 2.16. The Balaban J connectivity index is 1.75. The first-order valence-corrected chi connectivity index (χ1v) is 8.66. The van der Waals surface area contributed by atoms with E-state index in [0.717, 1.165) is 17.1 Å². The van der Waals surface area contributed by atoms with Crippen molar-refractivity contribution in [2.24, 2.45) is 0 Å². The third-order valence-corrected chi connectivity index (χ3v) is 5.15. The number of rotatable bonds is 3. The maximum atomic E-state index is 11.7. The zero-order valence-corrected chi connectivity index (χ0v) is 12.6. The van der Waals surface area contributed by atoms with Crippen LogP contribution in [0.15, 0.2) is 24.3 Å². The predicted octanol–water partition coefficient (Wildman–Crippen LogP) is 1.14. The number of benzene rings is 1. The van der Waals surface area contributed by atoms with Gasteiger partial charge in [0.25, 0.3) is 0 Å². The Morgan fingerprint density at radius 2 is 2.14 bits per heavy atom. The molecule has 21 heavy (non-hydrogen) atoms. The second kappa shape index (κ2) is 5.48. The van der Waals surface area contributed by atoms with Gasteiger partial charge in [0.05, 0.1) is 11.5 Å². The Hall–Kier alpha value is -1.89. The van der Waals surface area contributed by atoms with Crippen LogP contribution in [0.25, 0.3) is 0 Å². The summed E-state index contributed by atoms with van der Waals surface area (Å²) >= 11 is 0. The third-order valence-electron chi connectivity index (χ3n) is 3.52. The lowest BCUT2D eigenvalue weighted by molar-refractivity contribution is 0.289. The highest BCUT2D eigenvalue weighted by atomic mass is 32.2. The van der Waals surface area contributed by atoms with Crippen molar-refractivity contribution >= 4 is 9.84 Å². The average molecular weight is 307 g/mol. The number of hydrogen-bond acceptors (Lipinski definition) is 5. The van der Waals surface area contributed by atoms with Crippen LogP contribution in [-0.2, 0) is 29.4 Å². The summed E-state index contributed by atoms with van der Waals surface area (Å²) in [5, 5.41) is 8.20. The lowest BCUT2D eigenvalue weighted by Crippen LogP contribution is -2.14. The molecule has 0 fully saturated rings. The fraction of sp³-hybridized carbons (Fsp3) is 0.429. The van der Waals surface area contributed by atoms with Gasteiger partial charge >= 0.3 is 0 Å². The zero-order valence-electron chi connectivity index (χ0n) is 11.8. The first-order valence-electron chi connectivity index (χ1n) is 6.84. The first-order chi connectivity index (χ1) is 10.0. The molecule has 3 rings (SSSR count). The van der Waals surface area contributed by atoms with Crippen molar-refractivity contribution in [2.75, 3.05) is 11.5 Å². The number of sulfone groups is 1. The number of nitrogens with zero attached hydrogens (tertiary/aromatic N) is 3. The second-order valence-electron chi connectivity index (χ2n) is 5.19. The summed E-state index contributed by atoms with van der Waals surface area (Å²) in [6.45, 7) is 2.69. The van der Waals surface area contributed by atoms with Crippen LogP contribution in [0.4, 0.5) is 0 Å². The molecule has 6 nitrogen and oxygen atoms in total. The van der Waals surface area contributed by atoms with Crippen molar-refractivity contribution in [1.29, 1.82) is 0 Å². The van der Waals surface area contributed by atoms with Crippen LogP contribution in [-0.4, -0.2) is 34.7 Å². The molecular formula is C14H17N3O3S. The molecule has 0 unspecified atom stereocenters. The molecule has 0 aliphatic carbocycles. The lowest BCUT2D eigenvalue weighted by Gasteiger charge is -2.08. The zero-order chi connectivity index (χ0) is 14.9. The van der Waals surface area contributed by atoms with Gasteiger partial charge in [-0.3, -0.25) is 0 Å². The summed E-state index contributed by atoms with van der Waals surface area (Å²) in [6, 6.07) is 7.77. The van der Waals surface area contributed by atoms with Crippen LogP contribution in [0, 0.1) is 6.92 Å². The number of hydrogen-bond donors (Lipinski definition) is 0. The van der Waals surface area contributed by atoms with Gasteiger partial charge in [-0.05, 0) is 24.6 Å². The van der Waals surface area contributed by atoms with E-state index >= 15 is 0 Å². The van der Waals surface area contributed by atoms with Gasteiger partial charge in [-0.1, -0.05) is 12.1 Å². The Labute approximate surface area is 123 Å². The van der Waals surface area contributed by atoms with E-state index in [1.165, 1.54) is 0 Å². The van der Waals surface area contributed by atoms with Gasteiger partial charge < -0.3 is 9.30 Å². The number of aromatic nitrogens is 3. The van der Waals surface area contributed by atoms with Gasteiger partial charge in [-0.25, -0.2) is 8.42 Å². The highest BCUT2D eigenvalue weighted by Gasteiger charge is 2.22. The first kappa shape index (κ1) is 14.1. The van der Waals surface area contributed by atoms with E-state index in [0.29, 0.717) is 18.8 Å². The van der Waals surface area contributed by atoms with Crippen molar-refractivity contribution in [3.63, 3.8) is 0 Å². The fourth-order valence-electron chi connectivity index (χ4n) is 2.35. The van der Waals surface area contributed by atoms with E-state index < -0.39 is 9.84 Å². The third kappa shape index (κ3) is 3.24. The maximum Gasteiger partial charge on any atom is 0.171 e. The average Bonchev–Trinajstić information content (AvgIpc) is 2.76. The normalized spacial score (nSPS) is 17.0. The number of fused-ring (bicyclic) bond motifs is 1. The van der Waals surface area contributed by atoms with Gasteiger partial charge in [0.15, 0.2) is 15.7 Å². The number of ether oxygens (including phenoxy) is 1. The van der Waals surface area contributed by atoms with Gasteiger partial charge in [-0.2, -0.15) is 0 Å². The molecule has 2 aromatic rings. The molecule has 0 N–H and O–H groups in total. The molecule has 1 aliphatic rings. The minimum atomic E-state index is -2.98. The van der Waals surface area contributed by atoms with Crippen LogP contribution in [0.3, 0.4) is 0 Å². The highest BCUT2D eigenvalue weighted by molar-refractivity contribution is 7.91. The van der Waals surface area contributed by atoms with Crippen LogP contribution >= 0.6 is 0 Å². The van der Waals surface area contributed by atoms with Crippen molar-refractivity contribution in [2.45, 2.75) is 26.5 Å². The van der Waals surface area contributed by atoms with Crippen LogP contribution in [0.5, 0.6) is 5.75 Å². The molecular weight excluding hydrogens is 290 g/mol. The predicted molar refractivity (Wildman–Crippen MR) is 77.9 cm³/mol. The molecule has 0 atom stereocenters. The maximum absolute atomic E-state index is 11.7. The van der Waals surface area contributed by atoms with E-state index in [1.54, 1.807) is 0 Å². The summed E-state index contributed by atoms with van der Waals surface area (Å²) in [6.07, 6.45) is 0.416. The van der Waals surface area contributed by atoms with Gasteiger partial charge in [0.2, 0.25) is 0 Å². The van der Waals surface area contributed by atoms with E-state index in [-0.39, 0.29) is 18.1 Å². The van der Waals surface area contributed by atoms with Crippen molar-refractivity contribution in [3.05, 3.63) is 41.5 Å². The molecule has 0 radical (unpaired) electrons. The van der Waals surface area contributed by atoms with Gasteiger partial charge in [-0.15, -0.1) is 10.2 Å². The quantitative estimate of drug-likeness (QED) is 0.850. The number of aryl methyl sites for hydroxylation is 2. The van der Waals surface area contributed by atoms with Crippen LogP contribution in [0.2, 0.25) is 0 Å². The van der Waals surface area contributed by atoms with Gasteiger partial charge in [0, 0.05) is 13.0 Å². The van der Waals surface area contributed by atoms with E-state index in [1.807, 2.05) is 35.8 Å². The summed E-state index contributed by atoms with van der Waals surface area (Å²) in [5.74, 6) is 2.44. The monoisotopic (exact) mass is 307 g/mol. The molecule has 112 valence electrons. The van der Waals surface area contributed by atoms with Crippen molar-refractivity contribution < 1.29 is 13.2 Å². The molecule has 2 heterocycles. The molecule has 0 amide bonds. The second-order valence-corrected chi connectivity index (χ2v) is 7.49. The lowest BCUT2D eigenvalue weighted by atomic mass is 10.2. The van der Waals surface area contributed by atoms with Crippen molar-refractivity contribution in [3.8, 4) is 5.75 Å². The standard InChI is InChI=1S/C14H17N3O3S/c1-11-3-2-4-12(9-11)20-10-14-16-15-13-5-7-21(18,19)8-6-17(13)14/h2-4,9H,5-8,10H2,1H3. The van der Waals surface area contributed by atoms with Gasteiger partial charge in [0.1, 0.15) is 18.2 Å². The van der Waals surface area contributed by atoms with Crippen LogP contribution < -0.4 is 4.74 Å². The fourth-order valence-corrected chi connectivity index (χ4v) is 3.51. The smallest absolute Gasteiger partial charge is 0.171 e. The Morgan fingerprint density at radius 1 is 1.29 bits per heavy atom. The topological polar surface area (TPSA) is 74.1 Å². The molecule has 1 aromatic carbocycles. The van der Waals surface area contributed by atoms with E-state index in [4.69, 9.17) is 4.74 Å². The molecule has 7 heteroatoms. The molecule has 0 bridgehead atoms. The minimum Gasteiger partial charge on any atom is -0.486 e. The Morgan fingerprint density at radius 3 is 2.95 bits per heavy atom. The molecule has 0 saturated carbocycles.